The first-order valence-corrected chi connectivity index (χ1v) is 12.3. The maximum Gasteiger partial charge on any atom is 0.251 e. The van der Waals surface area contributed by atoms with Gasteiger partial charge in [0, 0.05) is 41.7 Å². The predicted molar refractivity (Wildman–Crippen MR) is 142 cm³/mol. The van der Waals surface area contributed by atoms with Crippen LogP contribution in [0.15, 0.2) is 53.9 Å². The topological polar surface area (TPSA) is 101 Å². The van der Waals surface area contributed by atoms with Gasteiger partial charge in [-0.3, -0.25) is 9.59 Å². The number of fused-ring (bicyclic) bond motifs is 1. The molecule has 0 saturated heterocycles. The number of methoxy groups -OCH3 is 1. The van der Waals surface area contributed by atoms with Crippen LogP contribution in [0.2, 0.25) is 0 Å². The molecule has 2 heterocycles. The molecule has 0 saturated carbocycles. The third-order valence-electron chi connectivity index (χ3n) is 5.62. The lowest BCUT2D eigenvalue weighted by atomic mass is 10.1. The summed E-state index contributed by atoms with van der Waals surface area (Å²) in [5, 5.41) is 14.1. The van der Waals surface area contributed by atoms with Crippen LogP contribution >= 0.6 is 11.3 Å². The van der Waals surface area contributed by atoms with E-state index < -0.39 is 5.91 Å². The van der Waals surface area contributed by atoms with E-state index in [-0.39, 0.29) is 42.6 Å². The highest BCUT2D eigenvalue weighted by atomic mass is 32.1. The maximum atomic E-state index is 14.2. The number of aromatic nitrogens is 1. The van der Waals surface area contributed by atoms with Crippen LogP contribution < -0.4 is 19.7 Å². The molecule has 0 fully saturated rings. The van der Waals surface area contributed by atoms with Crippen molar-refractivity contribution in [3.05, 3.63) is 71.0 Å². The van der Waals surface area contributed by atoms with Gasteiger partial charge in [-0.1, -0.05) is 12.1 Å². The van der Waals surface area contributed by atoms with Gasteiger partial charge in [0.1, 0.15) is 18.1 Å². The quantitative estimate of drug-likeness (QED) is 0.301. The number of nitrogens with zero attached hydrogens (tertiary/aromatic N) is 2. The van der Waals surface area contributed by atoms with Gasteiger partial charge in [-0.2, -0.15) is 0 Å². The summed E-state index contributed by atoms with van der Waals surface area (Å²) in [5.41, 5.74) is 2.49. The van der Waals surface area contributed by atoms with Gasteiger partial charge in [-0.25, -0.2) is 9.37 Å². The Bertz CT molecular complexity index is 1450. The van der Waals surface area contributed by atoms with Gasteiger partial charge in [0.2, 0.25) is 0 Å². The van der Waals surface area contributed by atoms with Crippen molar-refractivity contribution < 1.29 is 28.6 Å². The number of ketones is 1. The molecule has 37 heavy (non-hydrogen) atoms. The monoisotopic (exact) mass is 523 g/mol. The van der Waals surface area contributed by atoms with E-state index in [2.05, 4.69) is 10.3 Å². The van der Waals surface area contributed by atoms with Crippen LogP contribution in [0, 0.1) is 5.82 Å². The van der Waals surface area contributed by atoms with E-state index in [4.69, 9.17) is 14.6 Å². The van der Waals surface area contributed by atoms with Crippen molar-refractivity contribution in [3.63, 3.8) is 0 Å². The van der Waals surface area contributed by atoms with E-state index in [9.17, 15) is 14.0 Å². The number of hydrogen-bond acceptors (Lipinski definition) is 8. The zero-order valence-corrected chi connectivity index (χ0v) is 21.4. The molecular weight excluding hydrogens is 497 g/mol. The summed E-state index contributed by atoms with van der Waals surface area (Å²) >= 11 is 1.28. The van der Waals surface area contributed by atoms with Crippen molar-refractivity contribution >= 4 is 38.8 Å². The van der Waals surface area contributed by atoms with Crippen molar-refractivity contribution in [2.75, 3.05) is 45.9 Å². The second-order valence-electron chi connectivity index (χ2n) is 8.30. The number of hydrogen-bond donors (Lipinski definition) is 2. The molecule has 0 aliphatic rings. The number of aliphatic hydroxyl groups is 1. The van der Waals surface area contributed by atoms with E-state index in [0.29, 0.717) is 21.9 Å². The zero-order chi connectivity index (χ0) is 26.5. The third-order valence-corrected chi connectivity index (χ3v) is 6.63. The summed E-state index contributed by atoms with van der Waals surface area (Å²) in [6, 6.07) is 13.0. The molecule has 0 atom stereocenters. The molecule has 0 aliphatic heterocycles. The molecule has 4 rings (SSSR count). The van der Waals surface area contributed by atoms with E-state index in [1.807, 2.05) is 36.5 Å². The van der Waals surface area contributed by atoms with Gasteiger partial charge in [0.15, 0.2) is 17.3 Å². The van der Waals surface area contributed by atoms with E-state index in [1.165, 1.54) is 30.6 Å². The maximum absolute atomic E-state index is 14.2. The number of thiophene rings is 1. The number of ether oxygens (including phenoxy) is 2. The Hall–Kier alpha value is -4.02. The number of Topliss-reactive ketones (excluding diaryl/α,β-unsaturated/α-hetero) is 1. The lowest BCUT2D eigenvalue weighted by Gasteiger charge is -2.15. The Morgan fingerprint density at radius 3 is 2.68 bits per heavy atom. The third kappa shape index (κ3) is 5.71. The summed E-state index contributed by atoms with van der Waals surface area (Å²) in [6.07, 6.45) is 0. The smallest absolute Gasteiger partial charge is 0.251 e. The van der Waals surface area contributed by atoms with E-state index in [1.54, 1.807) is 24.3 Å². The standard InChI is InChI=1S/C27H26FN3O5S/c1-31(2)17-12-21(19-15-37-26-18(19)5-4-6-20(26)28)30-22(13-17)23(33)14-29-27(34)16-7-8-24(36-10-9-32)25(11-16)35-3/h4-8,11-13,15,32H,9-10,14H2,1-3H3,(H,29,34). The highest BCUT2D eigenvalue weighted by molar-refractivity contribution is 7.17. The van der Waals surface area contributed by atoms with Gasteiger partial charge in [-0.05, 0) is 36.4 Å². The van der Waals surface area contributed by atoms with Gasteiger partial charge in [0.05, 0.1) is 30.7 Å². The highest BCUT2D eigenvalue weighted by Crippen LogP contribution is 2.36. The van der Waals surface area contributed by atoms with Crippen LogP contribution in [0.25, 0.3) is 21.3 Å². The molecule has 0 aliphatic carbocycles. The Balaban J connectivity index is 1.56. The molecular formula is C27H26FN3O5S. The minimum absolute atomic E-state index is 0.0908. The second-order valence-corrected chi connectivity index (χ2v) is 9.18. The van der Waals surface area contributed by atoms with Gasteiger partial charge in [-0.15, -0.1) is 11.3 Å². The number of rotatable bonds is 10. The fourth-order valence-electron chi connectivity index (χ4n) is 3.71. The molecule has 1 amide bonds. The Morgan fingerprint density at radius 2 is 1.95 bits per heavy atom. The lowest BCUT2D eigenvalue weighted by Crippen LogP contribution is -2.30. The van der Waals surface area contributed by atoms with Crippen molar-refractivity contribution in [2.45, 2.75) is 0 Å². The number of halogens is 1. The van der Waals surface area contributed by atoms with Crippen LogP contribution in [0.3, 0.4) is 0 Å². The first kappa shape index (κ1) is 26.1. The minimum atomic E-state index is -0.469. The first-order chi connectivity index (χ1) is 17.8. The highest BCUT2D eigenvalue weighted by Gasteiger charge is 2.18. The molecule has 10 heteroatoms. The molecule has 0 radical (unpaired) electrons. The molecule has 0 spiro atoms. The zero-order valence-electron chi connectivity index (χ0n) is 20.6. The first-order valence-electron chi connectivity index (χ1n) is 11.4. The molecule has 4 aromatic rings. The molecule has 0 unspecified atom stereocenters. The number of pyridine rings is 1. The fourth-order valence-corrected chi connectivity index (χ4v) is 4.68. The summed E-state index contributed by atoms with van der Waals surface area (Å²) in [7, 11) is 5.14. The van der Waals surface area contributed by atoms with Crippen LogP contribution in [-0.2, 0) is 0 Å². The fraction of sp³-hybridized carbons (Fsp3) is 0.222. The van der Waals surface area contributed by atoms with Gasteiger partial charge in [0.25, 0.3) is 5.91 Å². The Kier molecular flexibility index (Phi) is 8.00. The molecule has 2 aromatic heterocycles. The normalized spacial score (nSPS) is 10.8. The van der Waals surface area contributed by atoms with Crippen LogP contribution in [0.1, 0.15) is 20.8 Å². The molecule has 8 nitrogen and oxygen atoms in total. The molecule has 2 aromatic carbocycles. The number of carbonyl (C=O) groups excluding carboxylic acids is 2. The van der Waals surface area contributed by atoms with Crippen molar-refractivity contribution in [2.24, 2.45) is 0 Å². The summed E-state index contributed by atoms with van der Waals surface area (Å²) in [4.78, 5) is 32.2. The Morgan fingerprint density at radius 1 is 1.14 bits per heavy atom. The van der Waals surface area contributed by atoms with Crippen LogP contribution in [0.5, 0.6) is 11.5 Å². The molecule has 2 N–H and O–H groups in total. The van der Waals surface area contributed by atoms with Gasteiger partial charge < -0.3 is 24.8 Å². The van der Waals surface area contributed by atoms with Crippen LogP contribution in [0.4, 0.5) is 10.1 Å². The van der Waals surface area contributed by atoms with Crippen molar-refractivity contribution in [3.8, 4) is 22.8 Å². The van der Waals surface area contributed by atoms with Crippen molar-refractivity contribution in [1.82, 2.24) is 10.3 Å². The number of amides is 1. The predicted octanol–water partition coefficient (Wildman–Crippen LogP) is 4.16. The average Bonchev–Trinajstić information content (AvgIpc) is 3.35. The summed E-state index contributed by atoms with van der Waals surface area (Å²) < 4.78 is 25.4. The minimum Gasteiger partial charge on any atom is -0.493 e. The average molecular weight is 524 g/mol. The SMILES string of the molecule is COc1cc(C(=O)NCC(=O)c2cc(N(C)C)cc(-c3csc4c(F)cccc34)n2)ccc1OCCO. The van der Waals surface area contributed by atoms with Crippen LogP contribution in [-0.4, -0.2) is 62.7 Å². The summed E-state index contributed by atoms with van der Waals surface area (Å²) in [5.74, 6) is -0.428. The number of carbonyl (C=O) groups is 2. The van der Waals surface area contributed by atoms with Gasteiger partial charge >= 0.3 is 0 Å². The van der Waals surface area contributed by atoms with E-state index in [0.717, 1.165) is 16.6 Å². The largest absolute Gasteiger partial charge is 0.493 e. The number of anilines is 1. The number of nitrogens with one attached hydrogen (secondary N) is 1. The van der Waals surface area contributed by atoms with Crippen molar-refractivity contribution in [1.29, 1.82) is 0 Å². The lowest BCUT2D eigenvalue weighted by molar-refractivity contribution is 0.0902. The number of benzene rings is 2. The Labute approximate surface area is 217 Å². The van der Waals surface area contributed by atoms with E-state index >= 15 is 0 Å². The number of aliphatic hydroxyl groups excluding tert-OH is 1. The second kappa shape index (κ2) is 11.4. The summed E-state index contributed by atoms with van der Waals surface area (Å²) in [6.45, 7) is -0.336. The molecule has 0 bridgehead atoms. The molecule has 192 valence electrons.